The third kappa shape index (κ3) is 4.06. The summed E-state index contributed by atoms with van der Waals surface area (Å²) in [7, 11) is 1.65. The van der Waals surface area contributed by atoms with Crippen molar-refractivity contribution in [2.24, 2.45) is 0 Å². The fourth-order valence-corrected chi connectivity index (χ4v) is 4.47. The highest BCUT2D eigenvalue weighted by Gasteiger charge is 2.27. The second-order valence-electron chi connectivity index (χ2n) is 8.26. The number of para-hydroxylation sites is 1. The molecule has 0 amide bonds. The molecular formula is C26H26N2O4. The summed E-state index contributed by atoms with van der Waals surface area (Å²) in [6.07, 6.45) is 5.95. The molecule has 1 aliphatic rings. The fourth-order valence-electron chi connectivity index (χ4n) is 4.47. The summed E-state index contributed by atoms with van der Waals surface area (Å²) in [5.74, 6) is 1.64. The molecule has 164 valence electrons. The van der Waals surface area contributed by atoms with E-state index < -0.39 is 0 Å². The summed E-state index contributed by atoms with van der Waals surface area (Å²) in [6.45, 7) is 1.42. The molecule has 0 bridgehead atoms. The summed E-state index contributed by atoms with van der Waals surface area (Å²) in [5, 5.41) is 4.95. The molecule has 2 aromatic heterocycles. The van der Waals surface area contributed by atoms with E-state index in [-0.39, 0.29) is 11.5 Å². The lowest BCUT2D eigenvalue weighted by atomic mass is 10.0. The Balaban J connectivity index is 1.43. The highest BCUT2D eigenvalue weighted by atomic mass is 16.5. The number of hydrogen-bond acceptors (Lipinski definition) is 6. The van der Waals surface area contributed by atoms with Crippen LogP contribution in [-0.2, 0) is 6.54 Å². The van der Waals surface area contributed by atoms with Gasteiger partial charge < -0.3 is 13.7 Å². The zero-order valence-corrected chi connectivity index (χ0v) is 18.1. The molecule has 32 heavy (non-hydrogen) atoms. The third-order valence-corrected chi connectivity index (χ3v) is 6.23. The SMILES string of the molecule is COc1ccc(-c2cc([C@H]3CCCCCN3Cc3coc4ccccc4c3=O)on2)cc1. The van der Waals surface area contributed by atoms with Gasteiger partial charge in [0.1, 0.15) is 17.0 Å². The van der Waals surface area contributed by atoms with Crippen LogP contribution in [0.3, 0.4) is 0 Å². The number of rotatable bonds is 5. The van der Waals surface area contributed by atoms with Crippen molar-refractivity contribution in [3.63, 3.8) is 0 Å². The first-order valence-corrected chi connectivity index (χ1v) is 11.1. The van der Waals surface area contributed by atoms with Gasteiger partial charge in [-0.3, -0.25) is 9.69 Å². The molecule has 1 aliphatic heterocycles. The predicted molar refractivity (Wildman–Crippen MR) is 123 cm³/mol. The van der Waals surface area contributed by atoms with Crippen LogP contribution < -0.4 is 10.2 Å². The van der Waals surface area contributed by atoms with E-state index in [1.54, 1.807) is 13.4 Å². The number of methoxy groups -OCH3 is 1. The summed E-state index contributed by atoms with van der Waals surface area (Å²) < 4.78 is 16.8. The van der Waals surface area contributed by atoms with Gasteiger partial charge in [-0.15, -0.1) is 0 Å². The average Bonchev–Trinajstić information content (AvgIpc) is 3.21. The first-order valence-electron chi connectivity index (χ1n) is 11.1. The van der Waals surface area contributed by atoms with Crippen LogP contribution in [0.2, 0.25) is 0 Å². The minimum Gasteiger partial charge on any atom is -0.497 e. The number of likely N-dealkylation sites (tertiary alicyclic amines) is 1. The molecule has 0 radical (unpaired) electrons. The number of benzene rings is 2. The van der Waals surface area contributed by atoms with Gasteiger partial charge in [-0.1, -0.05) is 30.1 Å². The fraction of sp³-hybridized carbons (Fsp3) is 0.308. The first kappa shape index (κ1) is 20.5. The largest absolute Gasteiger partial charge is 0.497 e. The second kappa shape index (κ2) is 9.01. The molecule has 2 aromatic carbocycles. The van der Waals surface area contributed by atoms with Gasteiger partial charge in [0.2, 0.25) is 0 Å². The van der Waals surface area contributed by atoms with Gasteiger partial charge in [-0.25, -0.2) is 0 Å². The molecule has 3 heterocycles. The van der Waals surface area contributed by atoms with Crippen molar-refractivity contribution >= 4 is 11.0 Å². The average molecular weight is 431 g/mol. The Morgan fingerprint density at radius 2 is 1.94 bits per heavy atom. The van der Waals surface area contributed by atoms with Crippen molar-refractivity contribution in [1.29, 1.82) is 0 Å². The molecule has 1 atom stereocenters. The van der Waals surface area contributed by atoms with Crippen LogP contribution in [-0.4, -0.2) is 23.7 Å². The van der Waals surface area contributed by atoms with Gasteiger partial charge >= 0.3 is 0 Å². The number of fused-ring (bicyclic) bond motifs is 1. The molecule has 6 nitrogen and oxygen atoms in total. The molecule has 4 aromatic rings. The molecule has 1 fully saturated rings. The molecule has 0 unspecified atom stereocenters. The smallest absolute Gasteiger partial charge is 0.197 e. The zero-order chi connectivity index (χ0) is 21.9. The highest BCUT2D eigenvalue weighted by Crippen LogP contribution is 2.33. The molecule has 6 heteroatoms. The molecule has 0 spiro atoms. The maximum atomic E-state index is 13.0. The standard InChI is InChI=1S/C26H26N2O4/c1-30-20-12-10-18(11-13-20)22-15-25(32-27-22)23-8-3-2-6-14-28(23)16-19-17-31-24-9-5-4-7-21(24)26(19)29/h4-5,7,9-13,15,17,23H,2-3,6,8,14,16H2,1H3/t23-/m1/s1. The van der Waals surface area contributed by atoms with Crippen molar-refractivity contribution in [2.45, 2.75) is 38.3 Å². The lowest BCUT2D eigenvalue weighted by Gasteiger charge is -2.27. The van der Waals surface area contributed by atoms with Crippen molar-refractivity contribution in [2.75, 3.05) is 13.7 Å². The predicted octanol–water partition coefficient (Wildman–Crippen LogP) is 5.57. The minimum atomic E-state index is 0.0336. The summed E-state index contributed by atoms with van der Waals surface area (Å²) in [4.78, 5) is 15.4. The van der Waals surface area contributed by atoms with Crippen LogP contribution in [0.1, 0.15) is 43.0 Å². The van der Waals surface area contributed by atoms with E-state index >= 15 is 0 Å². The van der Waals surface area contributed by atoms with E-state index in [4.69, 9.17) is 13.7 Å². The maximum Gasteiger partial charge on any atom is 0.197 e. The maximum absolute atomic E-state index is 13.0. The van der Waals surface area contributed by atoms with E-state index in [2.05, 4.69) is 10.1 Å². The van der Waals surface area contributed by atoms with E-state index in [0.717, 1.165) is 48.6 Å². The van der Waals surface area contributed by atoms with E-state index in [1.807, 2.05) is 54.6 Å². The van der Waals surface area contributed by atoms with Gasteiger partial charge in [0.05, 0.1) is 24.8 Å². The van der Waals surface area contributed by atoms with Gasteiger partial charge in [-0.05, 0) is 55.8 Å². The van der Waals surface area contributed by atoms with Crippen LogP contribution >= 0.6 is 0 Å². The number of hydrogen-bond donors (Lipinski definition) is 0. The second-order valence-corrected chi connectivity index (χ2v) is 8.26. The van der Waals surface area contributed by atoms with Crippen LogP contribution in [0.25, 0.3) is 22.2 Å². The van der Waals surface area contributed by atoms with Crippen molar-refractivity contribution in [3.05, 3.63) is 82.4 Å². The minimum absolute atomic E-state index is 0.0336. The van der Waals surface area contributed by atoms with Crippen molar-refractivity contribution in [1.82, 2.24) is 10.1 Å². The van der Waals surface area contributed by atoms with Crippen LogP contribution in [0, 0.1) is 0 Å². The summed E-state index contributed by atoms with van der Waals surface area (Å²) >= 11 is 0. The summed E-state index contributed by atoms with van der Waals surface area (Å²) in [6, 6.07) is 17.3. The van der Waals surface area contributed by atoms with E-state index in [1.165, 1.54) is 6.42 Å². The Bertz CT molecular complexity index is 1260. The lowest BCUT2D eigenvalue weighted by Crippen LogP contribution is -2.30. The van der Waals surface area contributed by atoms with E-state index in [0.29, 0.717) is 23.1 Å². The van der Waals surface area contributed by atoms with Gasteiger partial charge in [0, 0.05) is 23.7 Å². The summed E-state index contributed by atoms with van der Waals surface area (Å²) in [5.41, 5.74) is 3.11. The molecule has 5 rings (SSSR count). The van der Waals surface area contributed by atoms with Crippen LogP contribution in [0.15, 0.2) is 74.6 Å². The van der Waals surface area contributed by atoms with Gasteiger partial charge in [-0.2, -0.15) is 0 Å². The molecular weight excluding hydrogens is 404 g/mol. The van der Waals surface area contributed by atoms with Gasteiger partial charge in [0.15, 0.2) is 11.2 Å². The van der Waals surface area contributed by atoms with Crippen molar-refractivity contribution < 1.29 is 13.7 Å². The molecule has 0 N–H and O–H groups in total. The first-order chi connectivity index (χ1) is 15.7. The monoisotopic (exact) mass is 430 g/mol. The van der Waals surface area contributed by atoms with Crippen LogP contribution in [0.4, 0.5) is 0 Å². The molecule has 0 saturated carbocycles. The number of ether oxygens (including phenoxy) is 1. The Kier molecular flexibility index (Phi) is 5.77. The van der Waals surface area contributed by atoms with Crippen molar-refractivity contribution in [3.8, 4) is 17.0 Å². The van der Waals surface area contributed by atoms with E-state index in [9.17, 15) is 4.79 Å². The normalized spacial score (nSPS) is 17.3. The zero-order valence-electron chi connectivity index (χ0n) is 18.1. The number of aromatic nitrogens is 1. The third-order valence-electron chi connectivity index (χ3n) is 6.23. The Hall–Kier alpha value is -3.38. The molecule has 0 aliphatic carbocycles. The number of nitrogens with zero attached hydrogens (tertiary/aromatic N) is 2. The lowest BCUT2D eigenvalue weighted by molar-refractivity contribution is 0.159. The van der Waals surface area contributed by atoms with Gasteiger partial charge in [0.25, 0.3) is 0 Å². The Labute approximate surface area is 186 Å². The highest BCUT2D eigenvalue weighted by molar-refractivity contribution is 5.76. The Morgan fingerprint density at radius 3 is 2.78 bits per heavy atom. The molecule has 1 saturated heterocycles. The van der Waals surface area contributed by atoms with Crippen LogP contribution in [0.5, 0.6) is 5.75 Å². The quantitative estimate of drug-likeness (QED) is 0.412. The Morgan fingerprint density at radius 1 is 1.09 bits per heavy atom. The topological polar surface area (TPSA) is 68.7 Å².